The van der Waals surface area contributed by atoms with Gasteiger partial charge in [-0.05, 0) is 17.7 Å². The lowest BCUT2D eigenvalue weighted by Gasteiger charge is -2.12. The first-order valence-electron chi connectivity index (χ1n) is 8.86. The molecule has 0 bridgehead atoms. The van der Waals surface area contributed by atoms with Gasteiger partial charge in [-0.15, -0.1) is 11.8 Å². The van der Waals surface area contributed by atoms with Gasteiger partial charge >= 0.3 is 5.69 Å². The zero-order chi connectivity index (χ0) is 20.5. The number of benzene rings is 2. The van der Waals surface area contributed by atoms with Crippen LogP contribution in [-0.4, -0.2) is 19.1 Å². The van der Waals surface area contributed by atoms with E-state index in [2.05, 4.69) is 9.97 Å². The van der Waals surface area contributed by atoms with Crippen molar-refractivity contribution >= 4 is 34.4 Å². The Hall–Kier alpha value is -2.90. The fourth-order valence-corrected chi connectivity index (χ4v) is 4.08. The van der Waals surface area contributed by atoms with E-state index in [0.717, 1.165) is 15.7 Å². The second kappa shape index (κ2) is 7.85. The van der Waals surface area contributed by atoms with Gasteiger partial charge in [0.1, 0.15) is 10.4 Å². The van der Waals surface area contributed by atoms with Gasteiger partial charge in [-0.1, -0.05) is 54.1 Å². The van der Waals surface area contributed by atoms with Gasteiger partial charge in [-0.2, -0.15) is 0 Å². The fraction of sp³-hybridized carbons (Fsp3) is 0.143. The van der Waals surface area contributed by atoms with Gasteiger partial charge in [0.2, 0.25) is 0 Å². The third-order valence-corrected chi connectivity index (χ3v) is 5.89. The molecule has 8 heteroatoms. The minimum atomic E-state index is -0.422. The third kappa shape index (κ3) is 3.71. The second-order valence-electron chi connectivity index (χ2n) is 6.54. The van der Waals surface area contributed by atoms with Crippen LogP contribution in [0.25, 0.3) is 22.4 Å². The van der Waals surface area contributed by atoms with Crippen molar-refractivity contribution < 1.29 is 0 Å². The van der Waals surface area contributed by atoms with Crippen LogP contribution in [-0.2, 0) is 19.8 Å². The molecule has 6 nitrogen and oxygen atoms in total. The number of hydrogen-bond donors (Lipinski definition) is 0. The molecule has 4 rings (SSSR count). The summed E-state index contributed by atoms with van der Waals surface area (Å²) in [6.07, 6.45) is 0. The Labute approximate surface area is 175 Å². The van der Waals surface area contributed by atoms with E-state index in [0.29, 0.717) is 32.7 Å². The van der Waals surface area contributed by atoms with Crippen LogP contribution in [0.2, 0.25) is 5.02 Å². The van der Waals surface area contributed by atoms with Gasteiger partial charge in [0.15, 0.2) is 11.5 Å². The van der Waals surface area contributed by atoms with E-state index in [4.69, 9.17) is 11.6 Å². The van der Waals surface area contributed by atoms with Crippen molar-refractivity contribution in [1.29, 1.82) is 0 Å². The molecule has 0 aliphatic rings. The van der Waals surface area contributed by atoms with Crippen LogP contribution < -0.4 is 11.2 Å². The Morgan fingerprint density at radius 2 is 1.62 bits per heavy atom. The van der Waals surface area contributed by atoms with Crippen LogP contribution in [0.15, 0.2) is 69.2 Å². The molecule has 0 saturated carbocycles. The molecule has 4 aromatic rings. The molecular formula is C21H17ClN4O2S. The molecule has 0 aliphatic carbocycles. The Morgan fingerprint density at radius 1 is 0.931 bits per heavy atom. The largest absolute Gasteiger partial charge is 0.332 e. The van der Waals surface area contributed by atoms with Crippen molar-refractivity contribution in [1.82, 2.24) is 19.1 Å². The molecular weight excluding hydrogens is 408 g/mol. The highest BCUT2D eigenvalue weighted by atomic mass is 35.5. The van der Waals surface area contributed by atoms with Crippen LogP contribution in [0.3, 0.4) is 0 Å². The van der Waals surface area contributed by atoms with Crippen LogP contribution in [0, 0.1) is 0 Å². The van der Waals surface area contributed by atoms with Gasteiger partial charge in [0.05, 0.1) is 0 Å². The quantitative estimate of drug-likeness (QED) is 0.369. The van der Waals surface area contributed by atoms with E-state index in [1.54, 1.807) is 7.05 Å². The van der Waals surface area contributed by atoms with Crippen molar-refractivity contribution in [3.63, 3.8) is 0 Å². The SMILES string of the molecule is Cn1c(=O)c2c(SCc3ccc(Cl)cc3)nc(-c3ccccc3)nc2n(C)c1=O. The number of aryl methyl sites for hydroxylation is 1. The summed E-state index contributed by atoms with van der Waals surface area (Å²) in [5.41, 5.74) is 1.37. The minimum absolute atomic E-state index is 0.325. The number of halogens is 1. The van der Waals surface area contributed by atoms with Crippen LogP contribution in [0.5, 0.6) is 0 Å². The number of aromatic nitrogens is 4. The Balaban J connectivity index is 1.91. The van der Waals surface area contributed by atoms with Crippen molar-refractivity contribution in [2.45, 2.75) is 10.8 Å². The lowest BCUT2D eigenvalue weighted by Crippen LogP contribution is -2.37. The maximum Gasteiger partial charge on any atom is 0.332 e. The number of rotatable bonds is 4. The topological polar surface area (TPSA) is 69.8 Å². The van der Waals surface area contributed by atoms with E-state index in [9.17, 15) is 9.59 Å². The molecule has 2 heterocycles. The highest BCUT2D eigenvalue weighted by Crippen LogP contribution is 2.28. The van der Waals surface area contributed by atoms with Gasteiger partial charge < -0.3 is 0 Å². The highest BCUT2D eigenvalue weighted by molar-refractivity contribution is 7.98. The molecule has 146 valence electrons. The lowest BCUT2D eigenvalue weighted by atomic mass is 10.2. The summed E-state index contributed by atoms with van der Waals surface area (Å²) in [5, 5.41) is 1.55. The summed E-state index contributed by atoms with van der Waals surface area (Å²) in [5.74, 6) is 1.07. The molecule has 0 aliphatic heterocycles. The first-order chi connectivity index (χ1) is 14.0. The average Bonchev–Trinajstić information content (AvgIpc) is 2.75. The van der Waals surface area contributed by atoms with Crippen molar-refractivity contribution in [3.05, 3.63) is 86.0 Å². The minimum Gasteiger partial charge on any atom is -0.280 e. The van der Waals surface area contributed by atoms with Crippen LogP contribution >= 0.6 is 23.4 Å². The van der Waals surface area contributed by atoms with E-state index >= 15 is 0 Å². The first kappa shape index (κ1) is 19.4. The van der Waals surface area contributed by atoms with Crippen LogP contribution in [0.4, 0.5) is 0 Å². The summed E-state index contributed by atoms with van der Waals surface area (Å²) in [7, 11) is 3.07. The summed E-state index contributed by atoms with van der Waals surface area (Å²) < 4.78 is 2.47. The lowest BCUT2D eigenvalue weighted by molar-refractivity contribution is 0.703. The Kier molecular flexibility index (Phi) is 5.25. The van der Waals surface area contributed by atoms with Gasteiger partial charge in [-0.25, -0.2) is 14.8 Å². The molecule has 0 saturated heterocycles. The van der Waals surface area contributed by atoms with E-state index in [-0.39, 0.29) is 0 Å². The number of thioether (sulfide) groups is 1. The zero-order valence-corrected chi connectivity index (χ0v) is 17.4. The summed E-state index contributed by atoms with van der Waals surface area (Å²) in [4.78, 5) is 34.5. The van der Waals surface area contributed by atoms with Crippen LogP contribution in [0.1, 0.15) is 5.56 Å². The number of fused-ring (bicyclic) bond motifs is 1. The average molecular weight is 425 g/mol. The maximum absolute atomic E-state index is 12.9. The molecule has 0 unspecified atom stereocenters. The summed E-state index contributed by atoms with van der Waals surface area (Å²) in [6, 6.07) is 17.0. The predicted molar refractivity (Wildman–Crippen MR) is 116 cm³/mol. The molecule has 0 atom stereocenters. The molecule has 29 heavy (non-hydrogen) atoms. The van der Waals surface area contributed by atoms with E-state index in [1.165, 1.54) is 23.4 Å². The zero-order valence-electron chi connectivity index (χ0n) is 15.8. The first-order valence-corrected chi connectivity index (χ1v) is 10.2. The highest BCUT2D eigenvalue weighted by Gasteiger charge is 2.18. The maximum atomic E-state index is 12.9. The Bertz CT molecular complexity index is 1320. The summed E-state index contributed by atoms with van der Waals surface area (Å²) in [6.45, 7) is 0. The molecule has 0 N–H and O–H groups in total. The second-order valence-corrected chi connectivity index (χ2v) is 7.94. The van der Waals surface area contributed by atoms with Crippen molar-refractivity contribution in [2.75, 3.05) is 0 Å². The summed E-state index contributed by atoms with van der Waals surface area (Å²) >= 11 is 7.39. The van der Waals surface area contributed by atoms with Gasteiger partial charge in [-0.3, -0.25) is 13.9 Å². The Morgan fingerprint density at radius 3 is 2.31 bits per heavy atom. The third-order valence-electron chi connectivity index (χ3n) is 4.59. The molecule has 0 amide bonds. The molecule has 0 spiro atoms. The smallest absolute Gasteiger partial charge is 0.280 e. The molecule has 0 radical (unpaired) electrons. The predicted octanol–water partition coefficient (Wildman–Crippen LogP) is 3.64. The number of hydrogen-bond acceptors (Lipinski definition) is 5. The van der Waals surface area contributed by atoms with Gasteiger partial charge in [0, 0.05) is 30.4 Å². The molecule has 2 aromatic heterocycles. The monoisotopic (exact) mass is 424 g/mol. The number of nitrogens with zero attached hydrogens (tertiary/aromatic N) is 4. The van der Waals surface area contributed by atoms with Crippen molar-refractivity contribution in [3.8, 4) is 11.4 Å². The molecule has 0 fully saturated rings. The fourth-order valence-electron chi connectivity index (χ4n) is 2.98. The standard InChI is InChI=1S/C21H17ClN4O2S/c1-25-18-16(20(27)26(2)21(25)28)19(29-12-13-8-10-15(22)11-9-13)24-17(23-18)14-6-4-3-5-7-14/h3-11H,12H2,1-2H3. The van der Waals surface area contributed by atoms with E-state index < -0.39 is 11.2 Å². The van der Waals surface area contributed by atoms with Crippen molar-refractivity contribution in [2.24, 2.45) is 14.1 Å². The van der Waals surface area contributed by atoms with E-state index in [1.807, 2.05) is 54.6 Å². The van der Waals surface area contributed by atoms with Gasteiger partial charge in [0.25, 0.3) is 5.56 Å². The molecule has 2 aromatic carbocycles. The normalized spacial score (nSPS) is 11.1.